The highest BCUT2D eigenvalue weighted by Crippen LogP contribution is 2.68. The van der Waals surface area contributed by atoms with E-state index < -0.39 is 9.75 Å². The molecule has 0 aliphatic heterocycles. The van der Waals surface area contributed by atoms with Gasteiger partial charge in [0.25, 0.3) is 0 Å². The molecule has 3 aliphatic rings. The number of fused-ring (bicyclic) bond motifs is 5. The zero-order valence-electron chi connectivity index (χ0n) is 6.73. The van der Waals surface area contributed by atoms with Crippen LogP contribution in [0, 0.1) is 11.8 Å². The number of allylic oxidation sites excluding steroid dienone is 4. The largest absolute Gasteiger partial charge is 0.295 e. The standard InChI is InChI=1S/C9H4Cl4O/c10-5-6(11)9(13)4-2-1-3(4)8(5,12)7(9)14/h1-4H/t3-,4+,8+,9-. The fraction of sp³-hybridized carbons (Fsp3) is 0.444. The second-order valence-electron chi connectivity index (χ2n) is 3.82. The van der Waals surface area contributed by atoms with Crippen LogP contribution in [0.15, 0.2) is 22.2 Å². The fourth-order valence-corrected chi connectivity index (χ4v) is 4.24. The molecule has 0 aromatic heterocycles. The van der Waals surface area contributed by atoms with Crippen LogP contribution < -0.4 is 0 Å². The van der Waals surface area contributed by atoms with Crippen molar-refractivity contribution in [3.05, 3.63) is 22.2 Å². The van der Waals surface area contributed by atoms with Gasteiger partial charge >= 0.3 is 0 Å². The maximum Gasteiger partial charge on any atom is 0.186 e. The van der Waals surface area contributed by atoms with Crippen LogP contribution in [0.25, 0.3) is 0 Å². The van der Waals surface area contributed by atoms with E-state index in [0.29, 0.717) is 0 Å². The molecule has 0 aromatic rings. The summed E-state index contributed by atoms with van der Waals surface area (Å²) in [5, 5.41) is 0.401. The van der Waals surface area contributed by atoms with E-state index in [2.05, 4.69) is 0 Å². The van der Waals surface area contributed by atoms with Crippen molar-refractivity contribution in [3.8, 4) is 0 Å². The van der Waals surface area contributed by atoms with Gasteiger partial charge in [0.2, 0.25) is 0 Å². The molecule has 1 fully saturated rings. The highest BCUT2D eigenvalue weighted by molar-refractivity contribution is 6.63. The average Bonchev–Trinajstić information content (AvgIpc) is 2.26. The fourth-order valence-electron chi connectivity index (χ4n) is 2.47. The summed E-state index contributed by atoms with van der Waals surface area (Å²) in [5.74, 6) is -0.461. The van der Waals surface area contributed by atoms with Gasteiger partial charge in [-0.1, -0.05) is 35.4 Å². The van der Waals surface area contributed by atoms with Crippen LogP contribution in [0.2, 0.25) is 0 Å². The molecule has 14 heavy (non-hydrogen) atoms. The van der Waals surface area contributed by atoms with Gasteiger partial charge in [-0.05, 0) is 0 Å². The molecule has 3 aliphatic carbocycles. The lowest BCUT2D eigenvalue weighted by Crippen LogP contribution is -2.38. The topological polar surface area (TPSA) is 17.1 Å². The number of carbonyl (C=O) groups excluding carboxylic acids is 1. The van der Waals surface area contributed by atoms with Gasteiger partial charge in [0, 0.05) is 11.8 Å². The van der Waals surface area contributed by atoms with Crippen molar-refractivity contribution >= 4 is 52.2 Å². The summed E-state index contributed by atoms with van der Waals surface area (Å²) in [4.78, 5) is 9.59. The van der Waals surface area contributed by atoms with Gasteiger partial charge in [-0.2, -0.15) is 0 Å². The molecule has 5 heteroatoms. The molecule has 2 bridgehead atoms. The second-order valence-corrected chi connectivity index (χ2v) is 5.77. The van der Waals surface area contributed by atoms with Crippen LogP contribution in [-0.2, 0) is 4.79 Å². The van der Waals surface area contributed by atoms with E-state index in [1.807, 2.05) is 12.2 Å². The van der Waals surface area contributed by atoms with Gasteiger partial charge in [0.1, 0.15) is 9.75 Å². The Kier molecular flexibility index (Phi) is 1.60. The normalized spacial score (nSPS) is 53.9. The molecule has 74 valence electrons. The van der Waals surface area contributed by atoms with E-state index in [1.165, 1.54) is 0 Å². The minimum Gasteiger partial charge on any atom is -0.295 e. The van der Waals surface area contributed by atoms with E-state index in [1.54, 1.807) is 0 Å². The first kappa shape index (κ1) is 9.53. The molecule has 4 atom stereocenters. The van der Waals surface area contributed by atoms with Crippen molar-refractivity contribution in [3.63, 3.8) is 0 Å². The predicted molar refractivity (Wildman–Crippen MR) is 57.0 cm³/mol. The van der Waals surface area contributed by atoms with Gasteiger partial charge in [-0.3, -0.25) is 4.79 Å². The lowest BCUT2D eigenvalue weighted by Gasteiger charge is -2.37. The third kappa shape index (κ3) is 0.648. The maximum atomic E-state index is 12.0. The van der Waals surface area contributed by atoms with E-state index in [-0.39, 0.29) is 27.7 Å². The van der Waals surface area contributed by atoms with Gasteiger partial charge in [-0.25, -0.2) is 0 Å². The zero-order chi connectivity index (χ0) is 10.3. The maximum absolute atomic E-state index is 12.0. The molecule has 1 nitrogen and oxygen atoms in total. The molecule has 0 unspecified atom stereocenters. The second kappa shape index (κ2) is 2.35. The van der Waals surface area contributed by atoms with Crippen molar-refractivity contribution in [2.75, 3.05) is 0 Å². The van der Waals surface area contributed by atoms with Crippen molar-refractivity contribution < 1.29 is 4.79 Å². The monoisotopic (exact) mass is 268 g/mol. The first-order chi connectivity index (χ1) is 6.45. The molecule has 0 amide bonds. The Balaban J connectivity index is 2.33. The minimum absolute atomic E-state index is 0.0934. The molecule has 0 radical (unpaired) electrons. The quantitative estimate of drug-likeness (QED) is 0.488. The summed E-state index contributed by atoms with van der Waals surface area (Å²) < 4.78 is 0. The van der Waals surface area contributed by atoms with Crippen molar-refractivity contribution in [1.82, 2.24) is 0 Å². The third-order valence-electron chi connectivity index (χ3n) is 3.32. The first-order valence-corrected chi connectivity index (χ1v) is 5.63. The highest BCUT2D eigenvalue weighted by atomic mass is 35.5. The van der Waals surface area contributed by atoms with Crippen LogP contribution in [0.1, 0.15) is 0 Å². The zero-order valence-corrected chi connectivity index (χ0v) is 9.75. The highest BCUT2D eigenvalue weighted by Gasteiger charge is 2.75. The number of halogens is 4. The SMILES string of the molecule is O=C1[C@@]2(Cl)C(Cl)=C(Cl)[C@]1(Cl)[C@H]1C=C[C@H]12. The molecule has 1 saturated carbocycles. The number of alkyl halides is 2. The van der Waals surface area contributed by atoms with Crippen LogP contribution in [0.3, 0.4) is 0 Å². The minimum atomic E-state index is -1.19. The lowest BCUT2D eigenvalue weighted by atomic mass is 9.74. The lowest BCUT2D eigenvalue weighted by molar-refractivity contribution is -0.119. The summed E-state index contributed by atoms with van der Waals surface area (Å²) in [6.45, 7) is 0. The van der Waals surface area contributed by atoms with Crippen LogP contribution in [0.5, 0.6) is 0 Å². The van der Waals surface area contributed by atoms with E-state index >= 15 is 0 Å². The van der Waals surface area contributed by atoms with Gasteiger partial charge < -0.3 is 0 Å². The molecule has 0 saturated heterocycles. The molecule has 3 rings (SSSR count). The Labute approximate surface area is 101 Å². The van der Waals surface area contributed by atoms with Gasteiger partial charge in [0.05, 0.1) is 10.1 Å². The number of rotatable bonds is 0. The number of Topliss-reactive ketones (excluding diaryl/α,β-unsaturated/α-hetero) is 1. The Morgan fingerprint density at radius 3 is 1.64 bits per heavy atom. The van der Waals surface area contributed by atoms with E-state index in [4.69, 9.17) is 46.4 Å². The van der Waals surface area contributed by atoms with E-state index in [0.717, 1.165) is 0 Å². The van der Waals surface area contributed by atoms with Gasteiger partial charge in [-0.15, -0.1) is 23.2 Å². The van der Waals surface area contributed by atoms with Crippen LogP contribution >= 0.6 is 46.4 Å². The average molecular weight is 270 g/mol. The van der Waals surface area contributed by atoms with Crippen molar-refractivity contribution in [2.24, 2.45) is 11.8 Å². The summed E-state index contributed by atoms with van der Waals surface area (Å²) >= 11 is 24.3. The Morgan fingerprint density at radius 1 is 1.00 bits per heavy atom. The molecule has 0 aromatic carbocycles. The first-order valence-electron chi connectivity index (χ1n) is 4.12. The molecule has 0 spiro atoms. The van der Waals surface area contributed by atoms with Crippen molar-refractivity contribution in [2.45, 2.75) is 9.75 Å². The van der Waals surface area contributed by atoms with Crippen molar-refractivity contribution in [1.29, 1.82) is 0 Å². The molecule has 0 heterocycles. The van der Waals surface area contributed by atoms with Crippen LogP contribution in [0.4, 0.5) is 0 Å². The van der Waals surface area contributed by atoms with E-state index in [9.17, 15) is 4.79 Å². The Morgan fingerprint density at radius 2 is 1.36 bits per heavy atom. The Bertz CT molecular complexity index is 391. The third-order valence-corrected chi connectivity index (χ3v) is 5.81. The molecule has 0 N–H and O–H groups in total. The molecular formula is C9H4Cl4O. The van der Waals surface area contributed by atoms with Crippen LogP contribution in [-0.4, -0.2) is 15.5 Å². The Hall–Kier alpha value is 0.310. The number of hydrogen-bond donors (Lipinski definition) is 0. The predicted octanol–water partition coefficient (Wildman–Crippen LogP) is 3.03. The smallest absolute Gasteiger partial charge is 0.186 e. The summed E-state index contributed by atoms with van der Waals surface area (Å²) in [6, 6.07) is 0. The summed E-state index contributed by atoms with van der Waals surface area (Å²) in [7, 11) is 0. The molecular weight excluding hydrogens is 266 g/mol. The summed E-state index contributed by atoms with van der Waals surface area (Å²) in [6.07, 6.45) is 3.73. The number of ketones is 1. The van der Waals surface area contributed by atoms with Gasteiger partial charge in [0.15, 0.2) is 5.78 Å². The summed E-state index contributed by atoms with van der Waals surface area (Å²) in [5.41, 5.74) is 0. The number of carbonyl (C=O) groups is 1. The number of hydrogen-bond acceptors (Lipinski definition) is 1.